The molecule has 0 amide bonds. The smallest absolute Gasteiger partial charge is 0.227 e. The minimum atomic E-state index is -0.181. The molecule has 14 heteroatoms. The molecule has 6 rings (SSSR count). The number of ether oxygens (including phenoxy) is 3. The Kier molecular flexibility index (Phi) is 9.96. The van der Waals surface area contributed by atoms with Crippen molar-refractivity contribution in [3.63, 3.8) is 0 Å². The van der Waals surface area contributed by atoms with Gasteiger partial charge in [-0.3, -0.25) is 4.90 Å². The average molecular weight is 638 g/mol. The molecule has 0 aliphatic carbocycles. The highest BCUT2D eigenvalue weighted by Crippen LogP contribution is 2.35. The summed E-state index contributed by atoms with van der Waals surface area (Å²) in [5.74, 6) is 2.32. The summed E-state index contributed by atoms with van der Waals surface area (Å²) < 4.78 is 17.4. The number of aromatic nitrogens is 6. The Morgan fingerprint density at radius 1 is 1.02 bits per heavy atom. The quantitative estimate of drug-likeness (QED) is 0.224. The summed E-state index contributed by atoms with van der Waals surface area (Å²) in [6.45, 7) is 7.78. The molecule has 2 saturated heterocycles. The topological polar surface area (TPSA) is 116 Å². The first-order chi connectivity index (χ1) is 21.6. The summed E-state index contributed by atoms with van der Waals surface area (Å²) in [6, 6.07) is 12.5. The number of anilines is 3. The van der Waals surface area contributed by atoms with Gasteiger partial charge in [0.2, 0.25) is 5.95 Å². The number of hydrogen-bond donors (Lipinski definition) is 1. The molecule has 0 bridgehead atoms. The molecule has 4 heterocycles. The summed E-state index contributed by atoms with van der Waals surface area (Å²) in [6.07, 6.45) is 7.26. The predicted octanol–water partition coefficient (Wildman–Crippen LogP) is 4.95. The number of morpholine rings is 1. The van der Waals surface area contributed by atoms with Gasteiger partial charge in [0, 0.05) is 61.9 Å². The van der Waals surface area contributed by atoms with Crippen LogP contribution in [0.2, 0.25) is 5.02 Å². The molecule has 2 aliphatic heterocycles. The molecule has 0 saturated carbocycles. The number of thioether (sulfide) groups is 1. The van der Waals surface area contributed by atoms with E-state index >= 15 is 0 Å². The van der Waals surface area contributed by atoms with Gasteiger partial charge < -0.3 is 24.4 Å². The number of methoxy groups -OCH3 is 1. The molecule has 2 aromatic heterocycles. The van der Waals surface area contributed by atoms with E-state index in [4.69, 9.17) is 25.8 Å². The number of piperidine rings is 1. The maximum absolute atomic E-state index is 6.43. The van der Waals surface area contributed by atoms with Crippen LogP contribution in [0.4, 0.5) is 17.3 Å². The van der Waals surface area contributed by atoms with E-state index in [9.17, 15) is 0 Å². The highest BCUT2D eigenvalue weighted by molar-refractivity contribution is 7.98. The summed E-state index contributed by atoms with van der Waals surface area (Å²) in [5.41, 5.74) is 3.52. The van der Waals surface area contributed by atoms with E-state index in [1.54, 1.807) is 19.5 Å². The molecule has 0 spiro atoms. The van der Waals surface area contributed by atoms with E-state index in [0.29, 0.717) is 28.6 Å². The number of hydrogen-bond acceptors (Lipinski definition) is 12. The van der Waals surface area contributed by atoms with Gasteiger partial charge in [0.15, 0.2) is 6.33 Å². The molecule has 1 atom stereocenters. The van der Waals surface area contributed by atoms with Gasteiger partial charge in [-0.15, -0.1) is 10.2 Å². The van der Waals surface area contributed by atoms with Crippen molar-refractivity contribution in [2.45, 2.75) is 37.1 Å². The van der Waals surface area contributed by atoms with E-state index in [0.717, 1.165) is 80.5 Å². The van der Waals surface area contributed by atoms with Gasteiger partial charge in [0.25, 0.3) is 0 Å². The first kappa shape index (κ1) is 30.4. The van der Waals surface area contributed by atoms with Crippen molar-refractivity contribution in [3.8, 4) is 22.6 Å². The highest BCUT2D eigenvalue weighted by atomic mass is 35.5. The third-order valence-electron chi connectivity index (χ3n) is 7.85. The monoisotopic (exact) mass is 637 g/mol. The number of tetrazole rings is 1. The van der Waals surface area contributed by atoms with Crippen LogP contribution in [0.3, 0.4) is 0 Å². The lowest BCUT2D eigenvalue weighted by Crippen LogP contribution is -2.49. The summed E-state index contributed by atoms with van der Waals surface area (Å²) in [4.78, 5) is 15.6. The second-order valence-electron chi connectivity index (χ2n) is 10.6. The van der Waals surface area contributed by atoms with Crippen molar-refractivity contribution in [2.75, 3.05) is 56.7 Å². The molecule has 2 aliphatic rings. The molecular formula is C30H36ClN9O3S. The molecule has 0 radical (unpaired) electrons. The number of benzene rings is 2. The van der Waals surface area contributed by atoms with Crippen LogP contribution in [0.5, 0.6) is 11.5 Å². The molecule has 2 fully saturated rings. The fraction of sp³-hybridized carbons (Fsp3) is 0.433. The SMILES string of the molecule is COc1cc(N2CCC(N3CCOCC3)CC2)ccc1Nc1ncc(-c2ccc(Cl)c(O[C@@H](C)SCn3ncnn3)c2)cn1. The van der Waals surface area contributed by atoms with Gasteiger partial charge in [-0.05, 0) is 54.8 Å². The van der Waals surface area contributed by atoms with Gasteiger partial charge in [-0.25, -0.2) is 9.97 Å². The normalized spacial score (nSPS) is 16.9. The van der Waals surface area contributed by atoms with E-state index in [-0.39, 0.29) is 5.44 Å². The van der Waals surface area contributed by atoms with E-state index < -0.39 is 0 Å². The predicted molar refractivity (Wildman–Crippen MR) is 172 cm³/mol. The molecule has 232 valence electrons. The van der Waals surface area contributed by atoms with Crippen LogP contribution in [0, 0.1) is 0 Å². The Morgan fingerprint density at radius 3 is 2.55 bits per heavy atom. The highest BCUT2D eigenvalue weighted by Gasteiger charge is 2.26. The van der Waals surface area contributed by atoms with Crippen LogP contribution in [0.1, 0.15) is 19.8 Å². The van der Waals surface area contributed by atoms with E-state index in [2.05, 4.69) is 52.6 Å². The Morgan fingerprint density at radius 2 is 1.82 bits per heavy atom. The Hall–Kier alpha value is -3.65. The number of halogens is 1. The van der Waals surface area contributed by atoms with Gasteiger partial charge in [-0.2, -0.15) is 4.80 Å². The molecule has 44 heavy (non-hydrogen) atoms. The van der Waals surface area contributed by atoms with Crippen molar-refractivity contribution in [3.05, 3.63) is 60.1 Å². The van der Waals surface area contributed by atoms with E-state index in [1.165, 1.54) is 22.9 Å². The minimum absolute atomic E-state index is 0.181. The maximum Gasteiger partial charge on any atom is 0.227 e. The third kappa shape index (κ3) is 7.52. The summed E-state index contributed by atoms with van der Waals surface area (Å²) in [5, 5.41) is 15.4. The number of rotatable bonds is 11. The zero-order valence-corrected chi connectivity index (χ0v) is 26.4. The van der Waals surface area contributed by atoms with Crippen LogP contribution < -0.4 is 19.7 Å². The van der Waals surface area contributed by atoms with Crippen LogP contribution in [-0.2, 0) is 10.6 Å². The Balaban J connectivity index is 1.06. The summed E-state index contributed by atoms with van der Waals surface area (Å²) >= 11 is 7.96. The fourth-order valence-electron chi connectivity index (χ4n) is 5.48. The average Bonchev–Trinajstić information content (AvgIpc) is 3.60. The Labute approximate surface area is 266 Å². The molecule has 0 unspecified atom stereocenters. The van der Waals surface area contributed by atoms with Gasteiger partial charge in [0.05, 0.1) is 31.0 Å². The van der Waals surface area contributed by atoms with Crippen LogP contribution in [-0.4, -0.2) is 93.1 Å². The Bertz CT molecular complexity index is 1500. The molecule has 12 nitrogen and oxygen atoms in total. The second kappa shape index (κ2) is 14.4. The van der Waals surface area contributed by atoms with Crippen molar-refractivity contribution in [2.24, 2.45) is 0 Å². The second-order valence-corrected chi connectivity index (χ2v) is 12.3. The van der Waals surface area contributed by atoms with Crippen LogP contribution >= 0.6 is 23.4 Å². The largest absolute Gasteiger partial charge is 0.494 e. The standard InChI is InChI=1S/C30H36ClN9O3S/c1-21(44-20-40-35-19-34-37-40)43-28-15-22(3-5-26(28)31)23-17-32-30(33-18-23)36-27-6-4-25(16-29(27)41-2)38-9-7-24(8-10-38)39-11-13-42-14-12-39/h3-6,15-19,21,24H,7-14,20H2,1-2H3,(H,32,33,36)/t21-/m1/s1. The zero-order chi connectivity index (χ0) is 30.3. The lowest BCUT2D eigenvalue weighted by atomic mass is 10.0. The van der Waals surface area contributed by atoms with Crippen molar-refractivity contribution in [1.82, 2.24) is 35.1 Å². The third-order valence-corrected chi connectivity index (χ3v) is 9.11. The van der Waals surface area contributed by atoms with Gasteiger partial charge in [-0.1, -0.05) is 29.4 Å². The number of nitrogens with zero attached hydrogens (tertiary/aromatic N) is 8. The zero-order valence-electron chi connectivity index (χ0n) is 24.8. The minimum Gasteiger partial charge on any atom is -0.494 e. The molecular weight excluding hydrogens is 602 g/mol. The van der Waals surface area contributed by atoms with Crippen LogP contribution in [0.25, 0.3) is 11.1 Å². The lowest BCUT2D eigenvalue weighted by Gasteiger charge is -2.40. The van der Waals surface area contributed by atoms with Crippen molar-refractivity contribution in [1.29, 1.82) is 0 Å². The first-order valence-electron chi connectivity index (χ1n) is 14.7. The van der Waals surface area contributed by atoms with Crippen molar-refractivity contribution >= 4 is 40.7 Å². The van der Waals surface area contributed by atoms with E-state index in [1.807, 2.05) is 31.2 Å². The molecule has 4 aromatic rings. The van der Waals surface area contributed by atoms with Crippen molar-refractivity contribution < 1.29 is 14.2 Å². The molecule has 1 N–H and O–H groups in total. The number of nitrogens with one attached hydrogen (secondary N) is 1. The fourth-order valence-corrected chi connectivity index (χ4v) is 6.27. The lowest BCUT2D eigenvalue weighted by molar-refractivity contribution is 0.0115. The summed E-state index contributed by atoms with van der Waals surface area (Å²) in [7, 11) is 1.68. The maximum atomic E-state index is 6.43. The first-order valence-corrected chi connectivity index (χ1v) is 16.1. The van der Waals surface area contributed by atoms with Gasteiger partial charge >= 0.3 is 0 Å². The van der Waals surface area contributed by atoms with Gasteiger partial charge in [0.1, 0.15) is 22.8 Å². The molecule has 2 aromatic carbocycles. The van der Waals surface area contributed by atoms with Crippen LogP contribution in [0.15, 0.2) is 55.1 Å².